The van der Waals surface area contributed by atoms with Gasteiger partial charge < -0.3 is 0 Å². The number of carbonyl (C=O) groups excluding carboxylic acids is 1. The van der Waals surface area contributed by atoms with E-state index in [9.17, 15) is 13.6 Å². The van der Waals surface area contributed by atoms with E-state index in [1.54, 1.807) is 17.5 Å². The van der Waals surface area contributed by atoms with Crippen molar-refractivity contribution in [2.24, 2.45) is 0 Å². The van der Waals surface area contributed by atoms with Crippen LogP contribution < -0.4 is 0 Å². The standard InChI is InChI=1S/C15H8F2OS/c16-11-4-2-5-12(17)15(11)10-3-1-6-13-14(10)9(7-18)8-19-13/h1-8H. The molecule has 2 aromatic carbocycles. The van der Waals surface area contributed by atoms with Crippen LogP contribution in [0.15, 0.2) is 41.8 Å². The minimum Gasteiger partial charge on any atom is -0.298 e. The molecule has 0 spiro atoms. The van der Waals surface area contributed by atoms with Crippen LogP contribution in [0.25, 0.3) is 21.2 Å². The predicted molar refractivity (Wildman–Crippen MR) is 72.6 cm³/mol. The third kappa shape index (κ3) is 1.85. The maximum Gasteiger partial charge on any atom is 0.151 e. The van der Waals surface area contributed by atoms with Gasteiger partial charge in [0.05, 0.1) is 5.56 Å². The van der Waals surface area contributed by atoms with Crippen LogP contribution in [-0.2, 0) is 0 Å². The fourth-order valence-electron chi connectivity index (χ4n) is 2.16. The van der Waals surface area contributed by atoms with Crippen molar-refractivity contribution in [3.63, 3.8) is 0 Å². The first kappa shape index (κ1) is 12.0. The van der Waals surface area contributed by atoms with E-state index in [1.807, 2.05) is 6.07 Å². The fourth-order valence-corrected chi connectivity index (χ4v) is 3.09. The summed E-state index contributed by atoms with van der Waals surface area (Å²) >= 11 is 1.38. The molecule has 1 heterocycles. The SMILES string of the molecule is O=Cc1csc2cccc(-c3c(F)cccc3F)c12. The van der Waals surface area contributed by atoms with Crippen molar-refractivity contribution in [1.29, 1.82) is 0 Å². The second-order valence-electron chi connectivity index (χ2n) is 4.08. The molecular weight excluding hydrogens is 266 g/mol. The molecule has 0 atom stereocenters. The van der Waals surface area contributed by atoms with Gasteiger partial charge in [-0.3, -0.25) is 4.79 Å². The molecule has 3 aromatic rings. The van der Waals surface area contributed by atoms with Crippen molar-refractivity contribution in [1.82, 2.24) is 0 Å². The molecule has 0 amide bonds. The zero-order chi connectivity index (χ0) is 13.4. The fraction of sp³-hybridized carbons (Fsp3) is 0. The van der Waals surface area contributed by atoms with E-state index in [2.05, 4.69) is 0 Å². The van der Waals surface area contributed by atoms with Crippen LogP contribution in [0, 0.1) is 11.6 Å². The van der Waals surface area contributed by atoms with Crippen molar-refractivity contribution >= 4 is 27.7 Å². The first-order valence-electron chi connectivity index (χ1n) is 5.62. The summed E-state index contributed by atoms with van der Waals surface area (Å²) in [5, 5.41) is 2.30. The average Bonchev–Trinajstić information content (AvgIpc) is 2.82. The molecular formula is C15H8F2OS. The number of hydrogen-bond donors (Lipinski definition) is 0. The normalized spacial score (nSPS) is 10.8. The number of benzene rings is 2. The van der Waals surface area contributed by atoms with Gasteiger partial charge in [-0.1, -0.05) is 18.2 Å². The smallest absolute Gasteiger partial charge is 0.151 e. The minimum absolute atomic E-state index is 0.0883. The Balaban J connectivity index is 2.43. The van der Waals surface area contributed by atoms with E-state index in [0.29, 0.717) is 22.8 Å². The number of halogens is 2. The summed E-state index contributed by atoms with van der Waals surface area (Å²) in [5.41, 5.74) is 0.782. The Kier molecular flexibility index (Phi) is 2.87. The third-order valence-corrected chi connectivity index (χ3v) is 3.95. The maximum absolute atomic E-state index is 13.9. The molecule has 1 nitrogen and oxygen atoms in total. The molecule has 0 bridgehead atoms. The molecule has 0 aliphatic rings. The molecule has 0 aliphatic carbocycles. The van der Waals surface area contributed by atoms with Gasteiger partial charge >= 0.3 is 0 Å². The number of fused-ring (bicyclic) bond motifs is 1. The Morgan fingerprint density at radius 2 is 1.68 bits per heavy atom. The van der Waals surface area contributed by atoms with Gasteiger partial charge in [-0.2, -0.15) is 0 Å². The second-order valence-corrected chi connectivity index (χ2v) is 5.00. The number of rotatable bonds is 2. The topological polar surface area (TPSA) is 17.1 Å². The van der Waals surface area contributed by atoms with Crippen LogP contribution in [0.2, 0.25) is 0 Å². The van der Waals surface area contributed by atoms with Gasteiger partial charge in [0.15, 0.2) is 6.29 Å². The lowest BCUT2D eigenvalue weighted by Crippen LogP contribution is -1.91. The van der Waals surface area contributed by atoms with Gasteiger partial charge in [0.1, 0.15) is 11.6 Å². The van der Waals surface area contributed by atoms with Crippen molar-refractivity contribution in [3.8, 4) is 11.1 Å². The van der Waals surface area contributed by atoms with Crippen molar-refractivity contribution < 1.29 is 13.6 Å². The third-order valence-electron chi connectivity index (χ3n) is 2.99. The molecule has 0 fully saturated rings. The summed E-state index contributed by atoms with van der Waals surface area (Å²) < 4.78 is 28.6. The highest BCUT2D eigenvalue weighted by Gasteiger charge is 2.16. The van der Waals surface area contributed by atoms with E-state index < -0.39 is 11.6 Å². The van der Waals surface area contributed by atoms with Crippen LogP contribution in [0.5, 0.6) is 0 Å². The van der Waals surface area contributed by atoms with Gasteiger partial charge in [-0.05, 0) is 23.8 Å². The highest BCUT2D eigenvalue weighted by atomic mass is 32.1. The van der Waals surface area contributed by atoms with Gasteiger partial charge in [0, 0.05) is 21.0 Å². The van der Waals surface area contributed by atoms with Crippen molar-refractivity contribution in [2.75, 3.05) is 0 Å². The van der Waals surface area contributed by atoms with Gasteiger partial charge in [-0.25, -0.2) is 8.78 Å². The zero-order valence-corrected chi connectivity index (χ0v) is 10.5. The van der Waals surface area contributed by atoms with Gasteiger partial charge in [0.2, 0.25) is 0 Å². The Morgan fingerprint density at radius 1 is 1.00 bits per heavy atom. The zero-order valence-electron chi connectivity index (χ0n) is 9.69. The molecule has 0 aliphatic heterocycles. The van der Waals surface area contributed by atoms with E-state index in [1.165, 1.54) is 29.5 Å². The first-order valence-corrected chi connectivity index (χ1v) is 6.50. The summed E-state index contributed by atoms with van der Waals surface area (Å²) in [6, 6.07) is 8.93. The second kappa shape index (κ2) is 4.55. The molecule has 1 aromatic heterocycles. The Labute approximate surface area is 112 Å². The van der Waals surface area contributed by atoms with Crippen molar-refractivity contribution in [2.45, 2.75) is 0 Å². The molecule has 0 radical (unpaired) electrons. The minimum atomic E-state index is -0.629. The molecule has 94 valence electrons. The van der Waals surface area contributed by atoms with E-state index >= 15 is 0 Å². The summed E-state index contributed by atoms with van der Waals surface area (Å²) in [5.74, 6) is -1.26. The molecule has 19 heavy (non-hydrogen) atoms. The summed E-state index contributed by atoms with van der Waals surface area (Å²) in [4.78, 5) is 11.1. The lowest BCUT2D eigenvalue weighted by Gasteiger charge is -2.07. The summed E-state index contributed by atoms with van der Waals surface area (Å²) in [7, 11) is 0. The van der Waals surface area contributed by atoms with Crippen LogP contribution in [0.1, 0.15) is 10.4 Å². The van der Waals surface area contributed by atoms with Crippen LogP contribution in [0.4, 0.5) is 8.78 Å². The number of thiophene rings is 1. The lowest BCUT2D eigenvalue weighted by molar-refractivity contribution is 0.112. The molecule has 0 N–H and O–H groups in total. The quantitative estimate of drug-likeness (QED) is 0.621. The lowest BCUT2D eigenvalue weighted by atomic mass is 9.99. The highest BCUT2D eigenvalue weighted by molar-refractivity contribution is 7.17. The molecule has 0 unspecified atom stereocenters. The Bertz CT molecular complexity index is 757. The summed E-state index contributed by atoms with van der Waals surface area (Å²) in [6.45, 7) is 0. The van der Waals surface area contributed by atoms with E-state index in [-0.39, 0.29) is 5.56 Å². The highest BCUT2D eigenvalue weighted by Crippen LogP contribution is 2.36. The largest absolute Gasteiger partial charge is 0.298 e. The predicted octanol–water partition coefficient (Wildman–Crippen LogP) is 4.66. The number of hydrogen-bond acceptors (Lipinski definition) is 2. The number of carbonyl (C=O) groups is 1. The van der Waals surface area contributed by atoms with Crippen LogP contribution >= 0.6 is 11.3 Å². The number of aldehydes is 1. The Morgan fingerprint density at radius 3 is 2.37 bits per heavy atom. The molecule has 0 saturated heterocycles. The van der Waals surface area contributed by atoms with Crippen LogP contribution in [0.3, 0.4) is 0 Å². The molecule has 3 rings (SSSR count). The van der Waals surface area contributed by atoms with E-state index in [4.69, 9.17) is 0 Å². The van der Waals surface area contributed by atoms with E-state index in [0.717, 1.165) is 4.70 Å². The summed E-state index contributed by atoms with van der Waals surface area (Å²) in [6.07, 6.45) is 0.709. The van der Waals surface area contributed by atoms with Crippen molar-refractivity contribution in [3.05, 3.63) is 59.0 Å². The molecule has 4 heteroatoms. The Hall–Kier alpha value is -2.07. The molecule has 0 saturated carbocycles. The monoisotopic (exact) mass is 274 g/mol. The maximum atomic E-state index is 13.9. The first-order chi connectivity index (χ1) is 9.22. The van der Waals surface area contributed by atoms with Gasteiger partial charge in [-0.15, -0.1) is 11.3 Å². The van der Waals surface area contributed by atoms with Crippen LogP contribution in [-0.4, -0.2) is 6.29 Å². The average molecular weight is 274 g/mol. The van der Waals surface area contributed by atoms with Gasteiger partial charge in [0.25, 0.3) is 0 Å².